The van der Waals surface area contributed by atoms with E-state index in [0.29, 0.717) is 48.6 Å². The third-order valence-electron chi connectivity index (χ3n) is 6.78. The molecule has 5 rings (SSSR count). The van der Waals surface area contributed by atoms with Crippen molar-refractivity contribution < 1.29 is 27.8 Å². The van der Waals surface area contributed by atoms with Crippen LogP contribution < -0.4 is 20.1 Å². The maximum absolute atomic E-state index is 14.6. The SMILES string of the molecule is NC(=O)c1ccc(F)c(Cn2cc(-c3cccc4c3OCCCN4C(=O)CCCOc3cccc(Cl)c3F)cn2)c1Cl. The van der Waals surface area contributed by atoms with Crippen LogP contribution in [0.3, 0.4) is 0 Å². The molecule has 42 heavy (non-hydrogen) atoms. The van der Waals surface area contributed by atoms with E-state index >= 15 is 0 Å². The van der Waals surface area contributed by atoms with Gasteiger partial charge >= 0.3 is 0 Å². The van der Waals surface area contributed by atoms with Crippen molar-refractivity contribution in [3.8, 4) is 22.6 Å². The maximum atomic E-state index is 14.6. The van der Waals surface area contributed by atoms with Gasteiger partial charge in [0.1, 0.15) is 5.82 Å². The number of aromatic nitrogens is 2. The smallest absolute Gasteiger partial charge is 0.250 e. The fraction of sp³-hybridized carbons (Fsp3) is 0.233. The highest BCUT2D eigenvalue weighted by molar-refractivity contribution is 6.34. The number of fused-ring (bicyclic) bond motifs is 1. The molecule has 218 valence electrons. The molecule has 0 saturated carbocycles. The zero-order valence-corrected chi connectivity index (χ0v) is 23.8. The average molecular weight is 615 g/mol. The standard InChI is InChI=1S/C30H26Cl2F2N4O4/c31-22-6-2-8-25(28(22)34)41-13-3-9-26(39)38-12-4-14-42-29-19(5-1-7-24(29)38)18-15-36-37(16-18)17-21-23(33)11-10-20(27(21)32)30(35)40/h1-2,5-8,10-11,15-16H,3-4,9,12-14,17H2,(H2,35,40). The van der Waals surface area contributed by atoms with Gasteiger partial charge in [0, 0.05) is 35.9 Å². The number of carbonyl (C=O) groups is 2. The van der Waals surface area contributed by atoms with E-state index in [-0.39, 0.29) is 52.4 Å². The Morgan fingerprint density at radius 3 is 2.71 bits per heavy atom. The topological polar surface area (TPSA) is 99.7 Å². The van der Waals surface area contributed by atoms with Crippen LogP contribution in [0.4, 0.5) is 14.5 Å². The molecule has 0 unspecified atom stereocenters. The summed E-state index contributed by atoms with van der Waals surface area (Å²) in [4.78, 5) is 26.6. The Labute approximate surface area is 250 Å². The first-order valence-electron chi connectivity index (χ1n) is 13.2. The van der Waals surface area contributed by atoms with E-state index < -0.39 is 17.5 Å². The number of rotatable bonds is 9. The van der Waals surface area contributed by atoms with Crippen LogP contribution in [0.25, 0.3) is 11.1 Å². The van der Waals surface area contributed by atoms with Gasteiger partial charge in [-0.2, -0.15) is 5.10 Å². The number of benzene rings is 3. The number of anilines is 1. The highest BCUT2D eigenvalue weighted by atomic mass is 35.5. The lowest BCUT2D eigenvalue weighted by molar-refractivity contribution is -0.118. The van der Waals surface area contributed by atoms with Crippen molar-refractivity contribution in [1.29, 1.82) is 0 Å². The van der Waals surface area contributed by atoms with Crippen LogP contribution in [-0.2, 0) is 11.3 Å². The third-order valence-corrected chi connectivity index (χ3v) is 7.51. The van der Waals surface area contributed by atoms with Gasteiger partial charge in [0.05, 0.1) is 47.3 Å². The Hall–Kier alpha value is -4.15. The average Bonchev–Trinajstić information content (AvgIpc) is 3.32. The zero-order valence-electron chi connectivity index (χ0n) is 22.3. The summed E-state index contributed by atoms with van der Waals surface area (Å²) in [6.45, 7) is 0.978. The summed E-state index contributed by atoms with van der Waals surface area (Å²) in [6, 6.07) is 12.4. The maximum Gasteiger partial charge on any atom is 0.250 e. The summed E-state index contributed by atoms with van der Waals surface area (Å²) in [5.41, 5.74) is 7.47. The molecule has 4 aromatic rings. The van der Waals surface area contributed by atoms with Crippen molar-refractivity contribution in [1.82, 2.24) is 9.78 Å². The fourth-order valence-electron chi connectivity index (χ4n) is 4.71. The van der Waals surface area contributed by atoms with Crippen LogP contribution in [0.2, 0.25) is 10.0 Å². The molecule has 1 aliphatic heterocycles. The van der Waals surface area contributed by atoms with Crippen molar-refractivity contribution in [3.05, 3.63) is 93.7 Å². The van der Waals surface area contributed by atoms with E-state index in [1.54, 1.807) is 23.4 Å². The van der Waals surface area contributed by atoms with E-state index in [1.807, 2.05) is 18.2 Å². The van der Waals surface area contributed by atoms with Crippen molar-refractivity contribution in [2.75, 3.05) is 24.7 Å². The predicted octanol–water partition coefficient (Wildman–Crippen LogP) is 6.26. The highest BCUT2D eigenvalue weighted by Gasteiger charge is 2.25. The molecular weight excluding hydrogens is 589 g/mol. The van der Waals surface area contributed by atoms with Gasteiger partial charge in [0.25, 0.3) is 0 Å². The van der Waals surface area contributed by atoms with Crippen molar-refractivity contribution in [2.45, 2.75) is 25.8 Å². The Morgan fingerprint density at radius 2 is 1.90 bits per heavy atom. The van der Waals surface area contributed by atoms with Crippen molar-refractivity contribution in [3.63, 3.8) is 0 Å². The van der Waals surface area contributed by atoms with Gasteiger partial charge in [-0.1, -0.05) is 41.4 Å². The second-order valence-electron chi connectivity index (χ2n) is 9.58. The number of hydrogen-bond acceptors (Lipinski definition) is 5. The van der Waals surface area contributed by atoms with Crippen molar-refractivity contribution >= 4 is 40.7 Å². The molecule has 0 bridgehead atoms. The highest BCUT2D eigenvalue weighted by Crippen LogP contribution is 2.40. The van der Waals surface area contributed by atoms with Gasteiger partial charge < -0.3 is 20.1 Å². The largest absolute Gasteiger partial charge is 0.491 e. The lowest BCUT2D eigenvalue weighted by atomic mass is 10.1. The minimum atomic E-state index is -0.756. The van der Waals surface area contributed by atoms with Gasteiger partial charge in [0.2, 0.25) is 11.8 Å². The molecule has 12 heteroatoms. The van der Waals surface area contributed by atoms with Crippen LogP contribution in [0.5, 0.6) is 11.5 Å². The molecule has 2 amide bonds. The van der Waals surface area contributed by atoms with E-state index in [4.69, 9.17) is 38.4 Å². The molecule has 0 fully saturated rings. The Kier molecular flexibility index (Phi) is 8.94. The molecular formula is C30H26Cl2F2N4O4. The Bertz CT molecular complexity index is 1650. The number of ether oxygens (including phenoxy) is 2. The predicted molar refractivity (Wildman–Crippen MR) is 155 cm³/mol. The number of primary amides is 1. The fourth-order valence-corrected chi connectivity index (χ4v) is 5.18. The first-order chi connectivity index (χ1) is 20.2. The molecule has 0 aliphatic carbocycles. The normalized spacial score (nSPS) is 12.8. The zero-order chi connectivity index (χ0) is 29.8. The summed E-state index contributed by atoms with van der Waals surface area (Å²) >= 11 is 12.1. The van der Waals surface area contributed by atoms with Gasteiger partial charge in [-0.05, 0) is 43.2 Å². The van der Waals surface area contributed by atoms with Crippen LogP contribution in [0, 0.1) is 11.6 Å². The summed E-state index contributed by atoms with van der Waals surface area (Å²) in [6.07, 6.45) is 4.49. The number of nitrogens with zero attached hydrogens (tertiary/aromatic N) is 3. The van der Waals surface area contributed by atoms with E-state index in [9.17, 15) is 18.4 Å². The summed E-state index contributed by atoms with van der Waals surface area (Å²) in [5.74, 6) is -1.53. The van der Waals surface area contributed by atoms with Gasteiger partial charge in [-0.25, -0.2) is 8.78 Å². The van der Waals surface area contributed by atoms with Crippen LogP contribution in [-0.4, -0.2) is 41.4 Å². The van der Waals surface area contributed by atoms with Gasteiger partial charge in [0.15, 0.2) is 17.3 Å². The molecule has 8 nitrogen and oxygen atoms in total. The van der Waals surface area contributed by atoms with Crippen molar-refractivity contribution in [2.24, 2.45) is 5.73 Å². The first-order valence-corrected chi connectivity index (χ1v) is 13.9. The molecule has 3 aromatic carbocycles. The second-order valence-corrected chi connectivity index (χ2v) is 10.4. The molecule has 2 N–H and O–H groups in total. The third kappa shape index (κ3) is 6.19. The van der Waals surface area contributed by atoms with Crippen LogP contribution >= 0.6 is 23.2 Å². The lowest BCUT2D eigenvalue weighted by Crippen LogP contribution is -2.31. The van der Waals surface area contributed by atoms with E-state index in [0.717, 1.165) is 6.07 Å². The van der Waals surface area contributed by atoms with Crippen LogP contribution in [0.1, 0.15) is 35.2 Å². The molecule has 0 atom stereocenters. The number of halogens is 4. The Morgan fingerprint density at radius 1 is 1.10 bits per heavy atom. The quantitative estimate of drug-likeness (QED) is 0.224. The number of para-hydroxylation sites is 1. The first kappa shape index (κ1) is 29.3. The summed E-state index contributed by atoms with van der Waals surface area (Å²) < 4.78 is 41.7. The number of nitrogens with two attached hydrogens (primary N) is 1. The number of amides is 2. The van der Waals surface area contributed by atoms with E-state index in [1.165, 1.54) is 22.9 Å². The minimum Gasteiger partial charge on any atom is -0.491 e. The molecule has 0 saturated heterocycles. The second kappa shape index (κ2) is 12.8. The minimum absolute atomic E-state index is 0.0233. The van der Waals surface area contributed by atoms with E-state index in [2.05, 4.69) is 5.10 Å². The summed E-state index contributed by atoms with van der Waals surface area (Å²) in [7, 11) is 0. The molecule has 0 spiro atoms. The monoisotopic (exact) mass is 614 g/mol. The van der Waals surface area contributed by atoms with Gasteiger partial charge in [-0.15, -0.1) is 0 Å². The molecule has 1 aliphatic rings. The Balaban J connectivity index is 1.32. The number of carbonyl (C=O) groups excluding carboxylic acids is 2. The lowest BCUT2D eigenvalue weighted by Gasteiger charge is -2.23. The van der Waals surface area contributed by atoms with Crippen LogP contribution in [0.15, 0.2) is 60.9 Å². The number of hydrogen-bond donors (Lipinski definition) is 1. The molecule has 2 heterocycles. The summed E-state index contributed by atoms with van der Waals surface area (Å²) in [5, 5.41) is 4.26. The molecule has 1 aromatic heterocycles. The van der Waals surface area contributed by atoms with Gasteiger partial charge in [-0.3, -0.25) is 14.3 Å². The molecule has 0 radical (unpaired) electrons.